The summed E-state index contributed by atoms with van der Waals surface area (Å²) in [6.07, 6.45) is 14.1. The standard InChI is InChI=1S/C24H37ClO6/c1-3-5-10-18(17-25)11-9-12-19-14-15-21(26)20(19)13-7-6-8-16-24(29,30)22(27)23(28)31-4-2/h6-7,9,12,18-20,29-30H,3-5,8,10-11,13-17H2,1-2H3/t18-,19+,20-/m1/s1. The van der Waals surface area contributed by atoms with Crippen LogP contribution in [0.15, 0.2) is 24.3 Å². The summed E-state index contributed by atoms with van der Waals surface area (Å²) in [4.78, 5) is 35.3. The van der Waals surface area contributed by atoms with Gasteiger partial charge in [0.05, 0.1) is 6.61 Å². The summed E-state index contributed by atoms with van der Waals surface area (Å²) >= 11 is 6.05. The molecule has 1 fully saturated rings. The Kier molecular flexibility index (Phi) is 12.9. The third kappa shape index (κ3) is 9.67. The third-order valence-corrected chi connectivity index (χ3v) is 6.17. The lowest BCUT2D eigenvalue weighted by molar-refractivity contribution is -0.193. The molecule has 0 aliphatic heterocycles. The van der Waals surface area contributed by atoms with Crippen LogP contribution in [-0.4, -0.2) is 46.0 Å². The first-order chi connectivity index (χ1) is 14.8. The number of halogens is 1. The normalized spacial score (nSPS) is 20.6. The number of allylic oxidation sites excluding steroid dienone is 4. The lowest BCUT2D eigenvalue weighted by Gasteiger charge is -2.18. The second-order valence-corrected chi connectivity index (χ2v) is 8.52. The van der Waals surface area contributed by atoms with Crippen LogP contribution in [0, 0.1) is 17.8 Å². The van der Waals surface area contributed by atoms with Crippen molar-refractivity contribution in [3.63, 3.8) is 0 Å². The summed E-state index contributed by atoms with van der Waals surface area (Å²) in [6.45, 7) is 3.68. The molecule has 2 N–H and O–H groups in total. The van der Waals surface area contributed by atoms with Gasteiger partial charge in [-0.3, -0.25) is 9.59 Å². The highest BCUT2D eigenvalue weighted by molar-refractivity contribution is 6.36. The molecular weight excluding hydrogens is 420 g/mol. The van der Waals surface area contributed by atoms with Gasteiger partial charge < -0.3 is 14.9 Å². The summed E-state index contributed by atoms with van der Waals surface area (Å²) in [5, 5.41) is 19.6. The molecule has 0 bridgehead atoms. The molecule has 0 aromatic heterocycles. The first kappa shape index (κ1) is 27.5. The van der Waals surface area contributed by atoms with E-state index in [9.17, 15) is 24.6 Å². The molecule has 7 heteroatoms. The average Bonchev–Trinajstić information content (AvgIpc) is 3.09. The second-order valence-electron chi connectivity index (χ2n) is 8.21. The van der Waals surface area contributed by atoms with Crippen molar-refractivity contribution in [2.24, 2.45) is 17.8 Å². The minimum atomic E-state index is -2.75. The van der Waals surface area contributed by atoms with Crippen LogP contribution in [0.2, 0.25) is 0 Å². The number of aliphatic hydroxyl groups is 2. The van der Waals surface area contributed by atoms with Gasteiger partial charge in [-0.15, -0.1) is 11.6 Å². The van der Waals surface area contributed by atoms with E-state index in [1.54, 1.807) is 6.08 Å². The number of ketones is 2. The summed E-state index contributed by atoms with van der Waals surface area (Å²) < 4.78 is 4.50. The summed E-state index contributed by atoms with van der Waals surface area (Å²) in [5.41, 5.74) is 0. The summed E-state index contributed by atoms with van der Waals surface area (Å²) in [5.74, 6) is -3.87. The minimum Gasteiger partial charge on any atom is -0.460 e. The molecule has 6 nitrogen and oxygen atoms in total. The summed E-state index contributed by atoms with van der Waals surface area (Å²) in [7, 11) is 0. The lowest BCUT2D eigenvalue weighted by atomic mass is 9.90. The van der Waals surface area contributed by atoms with Gasteiger partial charge in [0.2, 0.25) is 5.79 Å². The maximum atomic E-state index is 12.3. The molecule has 0 unspecified atom stereocenters. The van der Waals surface area contributed by atoms with Crippen molar-refractivity contribution < 1.29 is 29.3 Å². The van der Waals surface area contributed by atoms with Crippen LogP contribution in [0.5, 0.6) is 0 Å². The molecule has 3 atom stereocenters. The molecule has 31 heavy (non-hydrogen) atoms. The van der Waals surface area contributed by atoms with Crippen LogP contribution in [-0.2, 0) is 19.1 Å². The zero-order valence-electron chi connectivity index (χ0n) is 18.7. The van der Waals surface area contributed by atoms with Crippen molar-refractivity contribution >= 4 is 29.1 Å². The Bertz CT molecular complexity index is 640. The number of rotatable bonds is 15. The van der Waals surface area contributed by atoms with Crippen molar-refractivity contribution in [2.45, 2.75) is 77.4 Å². The Hall–Kier alpha value is -1.50. The molecule has 1 saturated carbocycles. The smallest absolute Gasteiger partial charge is 0.380 e. The number of unbranched alkanes of at least 4 members (excludes halogenated alkanes) is 1. The number of esters is 1. The molecule has 0 aromatic rings. The highest BCUT2D eigenvalue weighted by Gasteiger charge is 2.38. The Morgan fingerprint density at radius 3 is 2.65 bits per heavy atom. The lowest BCUT2D eigenvalue weighted by Crippen LogP contribution is -2.43. The van der Waals surface area contributed by atoms with E-state index in [0.29, 0.717) is 24.6 Å². The van der Waals surface area contributed by atoms with Crippen LogP contribution in [0.1, 0.15) is 71.6 Å². The van der Waals surface area contributed by atoms with Crippen molar-refractivity contribution in [1.82, 2.24) is 0 Å². The molecule has 1 aliphatic carbocycles. The SMILES string of the molecule is CCCC[C@@H](CCl)CC=C[C@H]1CCC(=O)[C@@H]1CC=CCCC(O)(O)C(=O)C(=O)OCC. The number of alkyl halides is 1. The quantitative estimate of drug-likeness (QED) is 0.126. The molecular formula is C24H37ClO6. The zero-order valence-corrected chi connectivity index (χ0v) is 19.5. The van der Waals surface area contributed by atoms with Gasteiger partial charge in [-0.25, -0.2) is 4.79 Å². The van der Waals surface area contributed by atoms with Crippen LogP contribution in [0.3, 0.4) is 0 Å². The fourth-order valence-corrected chi connectivity index (χ4v) is 4.07. The van der Waals surface area contributed by atoms with Crippen LogP contribution >= 0.6 is 11.6 Å². The van der Waals surface area contributed by atoms with Gasteiger partial charge >= 0.3 is 5.97 Å². The first-order valence-corrected chi connectivity index (χ1v) is 11.9. The van der Waals surface area contributed by atoms with Gasteiger partial charge in [0.25, 0.3) is 5.78 Å². The van der Waals surface area contributed by atoms with Gasteiger partial charge in [-0.2, -0.15) is 0 Å². The Labute approximate surface area is 190 Å². The van der Waals surface area contributed by atoms with Gasteiger partial charge in [-0.05, 0) is 50.9 Å². The predicted molar refractivity (Wildman–Crippen MR) is 121 cm³/mol. The topological polar surface area (TPSA) is 101 Å². The van der Waals surface area contributed by atoms with E-state index in [-0.39, 0.29) is 37.1 Å². The van der Waals surface area contributed by atoms with Crippen LogP contribution in [0.25, 0.3) is 0 Å². The van der Waals surface area contributed by atoms with E-state index in [0.717, 1.165) is 25.7 Å². The Balaban J connectivity index is 2.50. The monoisotopic (exact) mass is 456 g/mol. The molecule has 0 heterocycles. The highest BCUT2D eigenvalue weighted by atomic mass is 35.5. The van der Waals surface area contributed by atoms with Crippen molar-refractivity contribution in [3.8, 4) is 0 Å². The van der Waals surface area contributed by atoms with Crippen molar-refractivity contribution in [1.29, 1.82) is 0 Å². The minimum absolute atomic E-state index is 0.0170. The Morgan fingerprint density at radius 2 is 2.00 bits per heavy atom. The fraction of sp³-hybridized carbons (Fsp3) is 0.708. The highest BCUT2D eigenvalue weighted by Crippen LogP contribution is 2.33. The van der Waals surface area contributed by atoms with E-state index >= 15 is 0 Å². The zero-order chi connectivity index (χ0) is 23.3. The van der Waals surface area contributed by atoms with Gasteiger partial charge in [0, 0.05) is 24.6 Å². The fourth-order valence-electron chi connectivity index (χ4n) is 3.79. The average molecular weight is 457 g/mol. The number of Topliss-reactive ketones (excluding diaryl/α,β-unsaturated/α-hetero) is 2. The Morgan fingerprint density at radius 1 is 1.26 bits per heavy atom. The second kappa shape index (κ2) is 14.5. The molecule has 0 spiro atoms. The van der Waals surface area contributed by atoms with E-state index < -0.39 is 17.5 Å². The van der Waals surface area contributed by atoms with Gasteiger partial charge in [0.1, 0.15) is 5.78 Å². The maximum Gasteiger partial charge on any atom is 0.380 e. The van der Waals surface area contributed by atoms with Crippen molar-refractivity contribution in [3.05, 3.63) is 24.3 Å². The van der Waals surface area contributed by atoms with E-state index in [4.69, 9.17) is 11.6 Å². The number of carbonyl (C=O) groups is 3. The first-order valence-electron chi connectivity index (χ1n) is 11.3. The molecule has 0 radical (unpaired) electrons. The largest absolute Gasteiger partial charge is 0.460 e. The predicted octanol–water partition coefficient (Wildman–Crippen LogP) is 4.11. The number of hydrogen-bond donors (Lipinski definition) is 2. The van der Waals surface area contributed by atoms with E-state index in [1.165, 1.54) is 13.3 Å². The summed E-state index contributed by atoms with van der Waals surface area (Å²) in [6, 6.07) is 0. The van der Waals surface area contributed by atoms with Gasteiger partial charge in [0.15, 0.2) is 0 Å². The van der Waals surface area contributed by atoms with E-state index in [1.807, 2.05) is 6.08 Å². The maximum absolute atomic E-state index is 12.3. The molecule has 0 aromatic carbocycles. The van der Waals surface area contributed by atoms with Crippen molar-refractivity contribution in [2.75, 3.05) is 12.5 Å². The number of ether oxygens (including phenoxy) is 1. The van der Waals surface area contributed by atoms with Crippen LogP contribution in [0.4, 0.5) is 0 Å². The molecule has 0 amide bonds. The number of hydrogen-bond acceptors (Lipinski definition) is 6. The molecule has 0 saturated heterocycles. The molecule has 1 aliphatic rings. The number of carbonyl (C=O) groups excluding carboxylic acids is 3. The third-order valence-electron chi connectivity index (χ3n) is 5.73. The van der Waals surface area contributed by atoms with Crippen LogP contribution < -0.4 is 0 Å². The molecule has 176 valence electrons. The van der Waals surface area contributed by atoms with E-state index in [2.05, 4.69) is 23.8 Å². The van der Waals surface area contributed by atoms with Gasteiger partial charge in [-0.1, -0.05) is 44.1 Å². The molecule has 1 rings (SSSR count).